The zero-order valence-electron chi connectivity index (χ0n) is 17.5. The topological polar surface area (TPSA) is 9.23 Å². The molecular formula is C27H17F5O. The second-order valence-electron chi connectivity index (χ2n) is 7.43. The van der Waals surface area contributed by atoms with Crippen LogP contribution in [0.25, 0.3) is 21.9 Å². The van der Waals surface area contributed by atoms with Gasteiger partial charge in [-0.25, -0.2) is 22.0 Å². The molecule has 0 saturated heterocycles. The number of fused-ring (bicyclic) bond motifs is 1. The molecule has 33 heavy (non-hydrogen) atoms. The number of ether oxygens (including phenoxy) is 1. The van der Waals surface area contributed by atoms with Gasteiger partial charge in [-0.05, 0) is 58.8 Å². The summed E-state index contributed by atoms with van der Waals surface area (Å²) in [5.74, 6) is -0.824. The van der Waals surface area contributed by atoms with Crippen molar-refractivity contribution in [1.29, 1.82) is 0 Å². The predicted molar refractivity (Wildman–Crippen MR) is 117 cm³/mol. The maximum Gasteiger partial charge on any atom is 0.195 e. The lowest BCUT2D eigenvalue weighted by Crippen LogP contribution is -1.95. The fourth-order valence-corrected chi connectivity index (χ4v) is 3.46. The highest BCUT2D eigenvalue weighted by Gasteiger charge is 2.14. The van der Waals surface area contributed by atoms with Crippen LogP contribution in [0.4, 0.5) is 22.0 Å². The van der Waals surface area contributed by atoms with Crippen molar-refractivity contribution in [1.82, 2.24) is 0 Å². The molecule has 0 bridgehead atoms. The number of halogens is 5. The van der Waals surface area contributed by atoms with Crippen molar-refractivity contribution in [2.45, 2.75) is 6.42 Å². The lowest BCUT2D eigenvalue weighted by atomic mass is 10.0. The molecule has 0 aliphatic heterocycles. The summed E-state index contributed by atoms with van der Waals surface area (Å²) in [6.45, 7) is 0.577. The van der Waals surface area contributed by atoms with Crippen LogP contribution in [0.3, 0.4) is 0 Å². The van der Waals surface area contributed by atoms with E-state index in [1.54, 1.807) is 19.2 Å². The van der Waals surface area contributed by atoms with E-state index in [-0.39, 0.29) is 16.3 Å². The van der Waals surface area contributed by atoms with E-state index in [4.69, 9.17) is 4.74 Å². The molecule has 0 heterocycles. The minimum atomic E-state index is -1.56. The third-order valence-electron chi connectivity index (χ3n) is 5.23. The average Bonchev–Trinajstić information content (AvgIpc) is 2.81. The molecule has 0 aromatic heterocycles. The molecule has 0 fully saturated rings. The average molecular weight is 452 g/mol. The van der Waals surface area contributed by atoms with Gasteiger partial charge in [0.25, 0.3) is 0 Å². The molecule has 4 aromatic carbocycles. The second-order valence-corrected chi connectivity index (χ2v) is 7.43. The summed E-state index contributed by atoms with van der Waals surface area (Å²) >= 11 is 0. The monoisotopic (exact) mass is 452 g/mol. The van der Waals surface area contributed by atoms with Crippen LogP contribution < -0.4 is 0 Å². The number of rotatable bonds is 4. The molecule has 4 rings (SSSR count). The summed E-state index contributed by atoms with van der Waals surface area (Å²) in [7, 11) is 1.62. The third kappa shape index (κ3) is 4.74. The van der Waals surface area contributed by atoms with E-state index < -0.39 is 34.6 Å². The number of hydrogen-bond donors (Lipinski definition) is 0. The lowest BCUT2D eigenvalue weighted by Gasteiger charge is -2.07. The van der Waals surface area contributed by atoms with Crippen molar-refractivity contribution in [2.24, 2.45) is 0 Å². The molecule has 0 atom stereocenters. The molecular weight excluding hydrogens is 435 g/mol. The van der Waals surface area contributed by atoms with Gasteiger partial charge < -0.3 is 4.74 Å². The first-order chi connectivity index (χ1) is 15.9. The maximum atomic E-state index is 14.6. The van der Waals surface area contributed by atoms with Crippen molar-refractivity contribution >= 4 is 10.8 Å². The van der Waals surface area contributed by atoms with Crippen LogP contribution in [0.2, 0.25) is 0 Å². The fourth-order valence-electron chi connectivity index (χ4n) is 3.46. The highest BCUT2D eigenvalue weighted by Crippen LogP contribution is 2.26. The molecule has 0 amide bonds. The Bertz CT molecular complexity index is 1380. The Hall–Kier alpha value is -3.69. The van der Waals surface area contributed by atoms with Gasteiger partial charge in [-0.3, -0.25) is 0 Å². The first kappa shape index (κ1) is 22.5. The Morgan fingerprint density at radius 1 is 0.697 bits per heavy atom. The van der Waals surface area contributed by atoms with Crippen molar-refractivity contribution < 1.29 is 26.7 Å². The van der Waals surface area contributed by atoms with Gasteiger partial charge in [0, 0.05) is 18.1 Å². The molecule has 166 valence electrons. The molecule has 0 saturated carbocycles. The maximum absolute atomic E-state index is 14.6. The van der Waals surface area contributed by atoms with Gasteiger partial charge in [0.1, 0.15) is 11.6 Å². The van der Waals surface area contributed by atoms with Crippen molar-refractivity contribution in [2.75, 3.05) is 13.7 Å². The van der Waals surface area contributed by atoms with Crippen molar-refractivity contribution in [3.63, 3.8) is 0 Å². The van der Waals surface area contributed by atoms with E-state index >= 15 is 0 Å². The van der Waals surface area contributed by atoms with Crippen LogP contribution in [0.1, 0.15) is 16.7 Å². The Morgan fingerprint density at radius 3 is 2.06 bits per heavy atom. The highest BCUT2D eigenvalue weighted by molar-refractivity contribution is 5.84. The highest BCUT2D eigenvalue weighted by atomic mass is 19.2. The summed E-state index contributed by atoms with van der Waals surface area (Å²) in [5, 5.41) is -0.0298. The largest absolute Gasteiger partial charge is 0.384 e. The van der Waals surface area contributed by atoms with Crippen LogP contribution >= 0.6 is 0 Å². The minimum absolute atomic E-state index is 0.0865. The standard InChI is InChI=1S/C27H17F5O/c1-33-11-10-16-2-6-18(7-3-16)19-13-23(28)22(24(29)14-19)9-5-17-4-8-21-20(12-17)15-25(30)27(32)26(21)31/h2-4,6-8,12-15H,10-11H2,1H3. The first-order valence-corrected chi connectivity index (χ1v) is 10.0. The molecule has 0 aliphatic rings. The predicted octanol–water partition coefficient (Wildman–Crippen LogP) is 6.79. The lowest BCUT2D eigenvalue weighted by molar-refractivity contribution is 0.202. The Morgan fingerprint density at radius 2 is 1.39 bits per heavy atom. The molecule has 4 aromatic rings. The molecule has 0 spiro atoms. The zero-order valence-corrected chi connectivity index (χ0v) is 17.5. The molecule has 0 unspecified atom stereocenters. The van der Waals surface area contributed by atoms with E-state index in [1.807, 2.05) is 12.1 Å². The summed E-state index contributed by atoms with van der Waals surface area (Å²) in [5.41, 5.74) is 1.91. The first-order valence-electron chi connectivity index (χ1n) is 10.0. The van der Waals surface area contributed by atoms with Gasteiger partial charge in [-0.2, -0.15) is 0 Å². The van der Waals surface area contributed by atoms with Crippen molar-refractivity contribution in [3.8, 4) is 23.0 Å². The van der Waals surface area contributed by atoms with Crippen molar-refractivity contribution in [3.05, 3.63) is 106 Å². The summed E-state index contributed by atoms with van der Waals surface area (Å²) < 4.78 is 75.1. The van der Waals surface area contributed by atoms with Gasteiger partial charge in [-0.15, -0.1) is 0 Å². The van der Waals surface area contributed by atoms with Gasteiger partial charge in [-0.1, -0.05) is 42.2 Å². The van der Waals surface area contributed by atoms with E-state index in [1.165, 1.54) is 30.3 Å². The zero-order chi connectivity index (χ0) is 23.5. The van der Waals surface area contributed by atoms with E-state index in [0.717, 1.165) is 18.1 Å². The van der Waals surface area contributed by atoms with Gasteiger partial charge >= 0.3 is 0 Å². The molecule has 0 radical (unpaired) electrons. The summed E-state index contributed by atoms with van der Waals surface area (Å²) in [6, 6.07) is 14.5. The number of methoxy groups -OCH3 is 1. The van der Waals surface area contributed by atoms with Gasteiger partial charge in [0.2, 0.25) is 0 Å². The number of hydrogen-bond acceptors (Lipinski definition) is 1. The van der Waals surface area contributed by atoms with Gasteiger partial charge in [0.15, 0.2) is 17.5 Å². The Kier molecular flexibility index (Phi) is 6.43. The van der Waals surface area contributed by atoms with Crippen LogP contribution in [-0.2, 0) is 11.2 Å². The van der Waals surface area contributed by atoms with E-state index in [2.05, 4.69) is 11.8 Å². The van der Waals surface area contributed by atoms with Crippen LogP contribution in [-0.4, -0.2) is 13.7 Å². The summed E-state index contributed by atoms with van der Waals surface area (Å²) in [6.07, 6.45) is 0.733. The quantitative estimate of drug-likeness (QED) is 0.188. The Balaban J connectivity index is 1.63. The van der Waals surface area contributed by atoms with E-state index in [0.29, 0.717) is 17.7 Å². The van der Waals surface area contributed by atoms with E-state index in [9.17, 15) is 22.0 Å². The van der Waals surface area contributed by atoms with Gasteiger partial charge in [0.05, 0.1) is 12.2 Å². The van der Waals surface area contributed by atoms with Crippen LogP contribution in [0.5, 0.6) is 0 Å². The molecule has 0 N–H and O–H groups in total. The molecule has 0 aliphatic carbocycles. The minimum Gasteiger partial charge on any atom is -0.384 e. The summed E-state index contributed by atoms with van der Waals surface area (Å²) in [4.78, 5) is 0. The third-order valence-corrected chi connectivity index (χ3v) is 5.23. The van der Waals surface area contributed by atoms with Crippen LogP contribution in [0.15, 0.2) is 60.7 Å². The SMILES string of the molecule is COCCc1ccc(-c2cc(F)c(C#Cc3ccc4c(F)c(F)c(F)cc4c3)c(F)c2)cc1. The second kappa shape index (κ2) is 9.43. The fraction of sp³-hybridized carbons (Fsp3) is 0.111. The number of benzene rings is 4. The van der Waals surface area contributed by atoms with Crippen LogP contribution in [0, 0.1) is 40.9 Å². The molecule has 6 heteroatoms. The Labute approximate surface area is 187 Å². The normalized spacial score (nSPS) is 10.8. The molecule has 1 nitrogen and oxygen atoms in total. The smallest absolute Gasteiger partial charge is 0.195 e.